The fourth-order valence-electron chi connectivity index (χ4n) is 2.97. The van der Waals surface area contributed by atoms with Gasteiger partial charge >= 0.3 is 6.03 Å². The zero-order chi connectivity index (χ0) is 23.9. The van der Waals surface area contributed by atoms with Gasteiger partial charge in [-0.25, -0.2) is 19.2 Å². The molecule has 2 amide bonds. The highest BCUT2D eigenvalue weighted by Crippen LogP contribution is 2.33. The van der Waals surface area contributed by atoms with E-state index >= 15 is 0 Å². The molecule has 0 fully saturated rings. The first kappa shape index (κ1) is 23.3. The number of ether oxygens (including phenoxy) is 1. The Labute approximate surface area is 204 Å². The normalized spacial score (nSPS) is 10.3. The number of benzene rings is 2. The lowest BCUT2D eigenvalue weighted by Crippen LogP contribution is -2.32. The average Bonchev–Trinajstić information content (AvgIpc) is 3.25. The van der Waals surface area contributed by atoms with E-state index in [0.717, 1.165) is 20.8 Å². The first-order valence-electron chi connectivity index (χ1n) is 10.1. The summed E-state index contributed by atoms with van der Waals surface area (Å²) in [4.78, 5) is 20.6. The van der Waals surface area contributed by atoms with Gasteiger partial charge in [0, 0.05) is 12.7 Å². The Bertz CT molecular complexity index is 1400. The molecule has 3 N–H and O–H groups in total. The number of hydrogen-bond donors (Lipinski definition) is 3. The van der Waals surface area contributed by atoms with E-state index in [9.17, 15) is 9.18 Å². The van der Waals surface area contributed by atoms with Crippen LogP contribution in [0.2, 0.25) is 5.02 Å². The van der Waals surface area contributed by atoms with Crippen LogP contribution in [-0.4, -0.2) is 29.6 Å². The zero-order valence-electron chi connectivity index (χ0n) is 18.0. The minimum atomic E-state index is -0.314. The van der Waals surface area contributed by atoms with E-state index in [0.29, 0.717) is 22.2 Å². The van der Waals surface area contributed by atoms with E-state index in [1.807, 2.05) is 12.1 Å². The number of carbonyl (C=O) groups is 1. The SMILES string of the molecule is CNC(=O)NCC#Cc1cc2ncnc(Nc3ccc(OCc4cccc(F)c4)c(Cl)c3)c2s1. The molecule has 10 heteroatoms. The van der Waals surface area contributed by atoms with Crippen molar-refractivity contribution < 1.29 is 13.9 Å². The number of rotatable bonds is 6. The third-order valence-corrected chi connectivity index (χ3v) is 5.91. The molecule has 0 spiro atoms. The van der Waals surface area contributed by atoms with Crippen LogP contribution in [0.25, 0.3) is 10.2 Å². The summed E-state index contributed by atoms with van der Waals surface area (Å²) in [6, 6.07) is 13.1. The maximum absolute atomic E-state index is 13.3. The van der Waals surface area contributed by atoms with Gasteiger partial charge < -0.3 is 20.7 Å². The van der Waals surface area contributed by atoms with E-state index in [1.165, 1.54) is 29.8 Å². The van der Waals surface area contributed by atoms with Crippen molar-refractivity contribution in [1.29, 1.82) is 0 Å². The number of halogens is 2. The minimum absolute atomic E-state index is 0.203. The number of aromatic nitrogens is 2. The second kappa shape index (κ2) is 10.8. The Morgan fingerprint density at radius 2 is 2.09 bits per heavy atom. The van der Waals surface area contributed by atoms with Gasteiger partial charge in [0.05, 0.1) is 26.7 Å². The van der Waals surface area contributed by atoms with Crippen molar-refractivity contribution in [3.8, 4) is 17.6 Å². The van der Waals surface area contributed by atoms with E-state index < -0.39 is 0 Å². The molecule has 2 aromatic carbocycles. The van der Waals surface area contributed by atoms with Crippen molar-refractivity contribution in [2.45, 2.75) is 6.61 Å². The molecule has 2 heterocycles. The lowest BCUT2D eigenvalue weighted by Gasteiger charge is -2.11. The summed E-state index contributed by atoms with van der Waals surface area (Å²) in [6.07, 6.45) is 1.47. The second-order valence-corrected chi connectivity index (χ2v) is 8.43. The van der Waals surface area contributed by atoms with Crippen LogP contribution in [0.5, 0.6) is 5.75 Å². The Balaban J connectivity index is 1.45. The second-order valence-electron chi connectivity index (χ2n) is 6.97. The quantitative estimate of drug-likeness (QED) is 0.324. The molecule has 0 aliphatic heterocycles. The molecule has 0 saturated heterocycles. The topological polar surface area (TPSA) is 88.2 Å². The molecule has 4 aromatic rings. The van der Waals surface area contributed by atoms with Gasteiger partial charge in [0.15, 0.2) is 5.82 Å². The first-order valence-corrected chi connectivity index (χ1v) is 11.3. The van der Waals surface area contributed by atoms with Crippen LogP contribution >= 0.6 is 22.9 Å². The van der Waals surface area contributed by atoms with Crippen molar-refractivity contribution in [2.75, 3.05) is 18.9 Å². The first-order chi connectivity index (χ1) is 16.5. The highest BCUT2D eigenvalue weighted by Gasteiger charge is 2.10. The number of carbonyl (C=O) groups excluding carboxylic acids is 1. The maximum Gasteiger partial charge on any atom is 0.315 e. The molecule has 34 heavy (non-hydrogen) atoms. The summed E-state index contributed by atoms with van der Waals surface area (Å²) >= 11 is 7.84. The number of nitrogens with zero attached hydrogens (tertiary/aromatic N) is 2. The molecule has 2 aromatic heterocycles. The van der Waals surface area contributed by atoms with Crippen LogP contribution in [0.3, 0.4) is 0 Å². The number of fused-ring (bicyclic) bond motifs is 1. The molecular weight excluding hydrogens is 477 g/mol. The highest BCUT2D eigenvalue weighted by atomic mass is 35.5. The maximum atomic E-state index is 13.3. The van der Waals surface area contributed by atoms with Gasteiger partial charge in [-0.05, 0) is 42.0 Å². The van der Waals surface area contributed by atoms with E-state index in [2.05, 4.69) is 37.8 Å². The van der Waals surface area contributed by atoms with Crippen LogP contribution in [-0.2, 0) is 6.61 Å². The van der Waals surface area contributed by atoms with Crippen molar-refractivity contribution in [3.63, 3.8) is 0 Å². The van der Waals surface area contributed by atoms with Gasteiger partial charge in [-0.3, -0.25) is 0 Å². The third kappa shape index (κ3) is 5.92. The number of amides is 2. The smallest absolute Gasteiger partial charge is 0.315 e. The Morgan fingerprint density at radius 1 is 1.21 bits per heavy atom. The van der Waals surface area contributed by atoms with Crippen LogP contribution in [0.15, 0.2) is 54.9 Å². The number of hydrogen-bond acceptors (Lipinski definition) is 6. The molecule has 172 valence electrons. The van der Waals surface area contributed by atoms with Gasteiger partial charge in [0.1, 0.15) is 24.5 Å². The average molecular weight is 496 g/mol. The lowest BCUT2D eigenvalue weighted by molar-refractivity contribution is 0.244. The Kier molecular flexibility index (Phi) is 7.42. The van der Waals surface area contributed by atoms with Gasteiger partial charge in [0.2, 0.25) is 0 Å². The molecule has 0 aliphatic rings. The van der Waals surface area contributed by atoms with Crippen molar-refractivity contribution in [2.24, 2.45) is 0 Å². The van der Waals surface area contributed by atoms with Crippen molar-refractivity contribution in [3.05, 3.63) is 76.1 Å². The van der Waals surface area contributed by atoms with Gasteiger partial charge in [0.25, 0.3) is 0 Å². The van der Waals surface area contributed by atoms with Crippen LogP contribution in [0.1, 0.15) is 10.4 Å². The van der Waals surface area contributed by atoms with E-state index in [-0.39, 0.29) is 25.0 Å². The fourth-order valence-corrected chi connectivity index (χ4v) is 4.13. The molecule has 4 rings (SSSR count). The van der Waals surface area contributed by atoms with Crippen LogP contribution < -0.4 is 20.7 Å². The van der Waals surface area contributed by atoms with Gasteiger partial charge in [-0.15, -0.1) is 11.3 Å². The number of urea groups is 1. The number of thiophene rings is 1. The Hall–Kier alpha value is -3.87. The summed E-state index contributed by atoms with van der Waals surface area (Å²) < 4.78 is 19.9. The largest absolute Gasteiger partial charge is 0.487 e. The summed E-state index contributed by atoms with van der Waals surface area (Å²) in [5, 5.41) is 8.74. The molecule has 0 bridgehead atoms. The standard InChI is InChI=1S/C24H19ClFN5O2S/c1-27-24(32)28-9-3-6-18-12-20-22(34-18)23(30-14-29-20)31-17-7-8-21(19(25)11-17)33-13-15-4-2-5-16(26)10-15/h2,4-5,7-8,10-12,14H,9,13H2,1H3,(H2,27,28,32)(H,29,30,31). The van der Waals surface area contributed by atoms with E-state index in [1.54, 1.807) is 31.3 Å². The lowest BCUT2D eigenvalue weighted by atomic mass is 10.2. The van der Waals surface area contributed by atoms with E-state index in [4.69, 9.17) is 16.3 Å². The third-order valence-electron chi connectivity index (χ3n) is 4.57. The highest BCUT2D eigenvalue weighted by molar-refractivity contribution is 7.20. The fraction of sp³-hybridized carbons (Fsp3) is 0.125. The number of anilines is 2. The van der Waals surface area contributed by atoms with Crippen molar-refractivity contribution in [1.82, 2.24) is 20.6 Å². The summed E-state index contributed by atoms with van der Waals surface area (Å²) in [6.45, 7) is 0.436. The van der Waals surface area contributed by atoms with Crippen LogP contribution in [0.4, 0.5) is 20.7 Å². The molecule has 0 saturated carbocycles. The molecule has 0 radical (unpaired) electrons. The summed E-state index contributed by atoms with van der Waals surface area (Å²) in [5.41, 5.74) is 2.19. The molecule has 0 aliphatic carbocycles. The molecule has 7 nitrogen and oxygen atoms in total. The summed E-state index contributed by atoms with van der Waals surface area (Å²) in [7, 11) is 1.54. The molecule has 0 atom stereocenters. The predicted molar refractivity (Wildman–Crippen MR) is 132 cm³/mol. The Morgan fingerprint density at radius 3 is 2.88 bits per heavy atom. The number of nitrogens with one attached hydrogen (secondary N) is 3. The monoisotopic (exact) mass is 495 g/mol. The zero-order valence-corrected chi connectivity index (χ0v) is 19.6. The minimum Gasteiger partial charge on any atom is -0.487 e. The van der Waals surface area contributed by atoms with Crippen LogP contribution in [0, 0.1) is 17.7 Å². The predicted octanol–water partition coefficient (Wildman–Crippen LogP) is 5.09. The van der Waals surface area contributed by atoms with Gasteiger partial charge in [-0.1, -0.05) is 35.6 Å². The van der Waals surface area contributed by atoms with Gasteiger partial charge in [-0.2, -0.15) is 0 Å². The summed E-state index contributed by atoms with van der Waals surface area (Å²) in [5.74, 6) is 6.72. The molecule has 0 unspecified atom stereocenters. The molecular formula is C24H19ClFN5O2S. The van der Waals surface area contributed by atoms with Crippen molar-refractivity contribution >= 4 is 50.7 Å².